The zero-order chi connectivity index (χ0) is 18.4. The van der Waals surface area contributed by atoms with Gasteiger partial charge in [0.1, 0.15) is 10.8 Å². The number of rotatable bonds is 8. The number of unbranched alkanes of at least 4 members (excludes halogenated alkanes) is 1. The number of aliphatic carboxylic acids is 1. The first-order chi connectivity index (χ1) is 12.7. The minimum Gasteiger partial charge on any atom is -0.550 e. The van der Waals surface area contributed by atoms with E-state index in [1.807, 2.05) is 54.6 Å². The number of aromatic nitrogens is 1. The summed E-state index contributed by atoms with van der Waals surface area (Å²) >= 11 is 1.49. The summed E-state index contributed by atoms with van der Waals surface area (Å²) in [6, 6.07) is 15.4. The maximum absolute atomic E-state index is 11.2. The van der Waals surface area contributed by atoms with Crippen LogP contribution in [0.2, 0.25) is 0 Å². The van der Waals surface area contributed by atoms with Crippen LogP contribution in [0.1, 0.15) is 36.8 Å². The molecule has 5 heteroatoms. The van der Waals surface area contributed by atoms with E-state index in [-0.39, 0.29) is 6.42 Å². The van der Waals surface area contributed by atoms with Gasteiger partial charge in [-0.15, -0.1) is 11.3 Å². The van der Waals surface area contributed by atoms with Crippen LogP contribution in [0.3, 0.4) is 0 Å². The number of carboxylic acids is 1. The highest BCUT2D eigenvalue weighted by molar-refractivity contribution is 7.19. The first-order valence-electron chi connectivity index (χ1n) is 8.65. The number of nitrogens with zero attached hydrogens (tertiary/aromatic N) is 1. The lowest BCUT2D eigenvalue weighted by atomic mass is 10.1. The van der Waals surface area contributed by atoms with Gasteiger partial charge in [0.15, 0.2) is 0 Å². The second-order valence-electron chi connectivity index (χ2n) is 5.98. The SMILES string of the molecule is CCCCOc1ccc(/C=C(/CC(=O)[O-])c2nc3ccccc3s2)cc1. The van der Waals surface area contributed by atoms with Gasteiger partial charge in [-0.1, -0.05) is 37.6 Å². The van der Waals surface area contributed by atoms with Crippen molar-refractivity contribution in [2.24, 2.45) is 0 Å². The van der Waals surface area contributed by atoms with Crippen molar-refractivity contribution in [3.8, 4) is 5.75 Å². The molecule has 0 saturated heterocycles. The number of carbonyl (C=O) groups excluding carboxylic acids is 1. The summed E-state index contributed by atoms with van der Waals surface area (Å²) in [6.07, 6.45) is 3.79. The fraction of sp³-hybridized carbons (Fsp3) is 0.238. The van der Waals surface area contributed by atoms with Gasteiger partial charge in [-0.3, -0.25) is 0 Å². The second-order valence-corrected chi connectivity index (χ2v) is 7.01. The Kier molecular flexibility index (Phi) is 6.02. The van der Waals surface area contributed by atoms with Crippen LogP contribution in [-0.4, -0.2) is 17.6 Å². The van der Waals surface area contributed by atoms with Crippen molar-refractivity contribution < 1.29 is 14.6 Å². The molecule has 1 heterocycles. The number of benzene rings is 2. The fourth-order valence-electron chi connectivity index (χ4n) is 2.55. The average molecular weight is 366 g/mol. The summed E-state index contributed by atoms with van der Waals surface area (Å²) in [5.41, 5.74) is 2.42. The van der Waals surface area contributed by atoms with Gasteiger partial charge in [-0.25, -0.2) is 4.98 Å². The van der Waals surface area contributed by atoms with E-state index in [0.29, 0.717) is 17.2 Å². The third kappa shape index (κ3) is 4.70. The normalized spacial score (nSPS) is 11.7. The molecule has 1 aromatic heterocycles. The molecule has 3 aromatic rings. The monoisotopic (exact) mass is 366 g/mol. The van der Waals surface area contributed by atoms with E-state index >= 15 is 0 Å². The standard InChI is InChI=1S/C21H21NO3S/c1-2-3-12-25-17-10-8-15(9-11-17)13-16(14-20(23)24)21-22-18-6-4-5-7-19(18)26-21/h4-11,13H,2-3,12,14H2,1H3,(H,23,24)/p-1/b16-13-. The molecule has 0 atom stereocenters. The number of ether oxygens (including phenoxy) is 1. The number of carboxylic acid groups (broad SMARTS) is 1. The van der Waals surface area contributed by atoms with Crippen LogP contribution in [0.15, 0.2) is 48.5 Å². The number of thiazole rings is 1. The molecule has 0 amide bonds. The van der Waals surface area contributed by atoms with Gasteiger partial charge in [0, 0.05) is 12.4 Å². The predicted octanol–water partition coefficient (Wildman–Crippen LogP) is 4.16. The number of carbonyl (C=O) groups is 1. The van der Waals surface area contributed by atoms with E-state index in [1.54, 1.807) is 0 Å². The highest BCUT2D eigenvalue weighted by Gasteiger charge is 2.09. The molecule has 0 saturated carbocycles. The Bertz CT molecular complexity index is 879. The summed E-state index contributed by atoms with van der Waals surface area (Å²) in [5.74, 6) is -0.299. The summed E-state index contributed by atoms with van der Waals surface area (Å²) in [5, 5.41) is 11.9. The molecule has 0 aliphatic heterocycles. The lowest BCUT2D eigenvalue weighted by molar-refractivity contribution is -0.304. The van der Waals surface area contributed by atoms with Gasteiger partial charge in [0.05, 0.1) is 16.8 Å². The quantitative estimate of drug-likeness (QED) is 0.562. The molecule has 0 N–H and O–H groups in total. The topological polar surface area (TPSA) is 62.2 Å². The predicted molar refractivity (Wildman–Crippen MR) is 104 cm³/mol. The van der Waals surface area contributed by atoms with Crippen LogP contribution in [0.25, 0.3) is 21.9 Å². The van der Waals surface area contributed by atoms with Crippen LogP contribution in [0, 0.1) is 0 Å². The molecule has 0 fully saturated rings. The largest absolute Gasteiger partial charge is 0.550 e. The number of para-hydroxylation sites is 1. The molecule has 3 rings (SSSR count). The Morgan fingerprint density at radius 3 is 2.65 bits per heavy atom. The van der Waals surface area contributed by atoms with Gasteiger partial charge in [0.2, 0.25) is 0 Å². The Balaban J connectivity index is 1.86. The molecule has 26 heavy (non-hydrogen) atoms. The number of hydrogen-bond acceptors (Lipinski definition) is 5. The van der Waals surface area contributed by atoms with Crippen LogP contribution in [0.5, 0.6) is 5.75 Å². The van der Waals surface area contributed by atoms with Crippen molar-refractivity contribution in [2.45, 2.75) is 26.2 Å². The lowest BCUT2D eigenvalue weighted by Gasteiger charge is -2.07. The third-order valence-corrected chi connectivity index (χ3v) is 5.00. The Morgan fingerprint density at radius 1 is 1.19 bits per heavy atom. The molecule has 0 radical (unpaired) electrons. The van der Waals surface area contributed by atoms with E-state index in [2.05, 4.69) is 11.9 Å². The van der Waals surface area contributed by atoms with E-state index in [0.717, 1.165) is 34.4 Å². The van der Waals surface area contributed by atoms with Crippen molar-refractivity contribution in [1.82, 2.24) is 4.98 Å². The van der Waals surface area contributed by atoms with E-state index < -0.39 is 5.97 Å². The Hall–Kier alpha value is -2.66. The highest BCUT2D eigenvalue weighted by atomic mass is 32.1. The van der Waals surface area contributed by atoms with Gasteiger partial charge < -0.3 is 14.6 Å². The van der Waals surface area contributed by atoms with Crippen molar-refractivity contribution in [1.29, 1.82) is 0 Å². The van der Waals surface area contributed by atoms with Crippen LogP contribution in [0.4, 0.5) is 0 Å². The zero-order valence-electron chi connectivity index (χ0n) is 14.6. The zero-order valence-corrected chi connectivity index (χ0v) is 15.4. The first-order valence-corrected chi connectivity index (χ1v) is 9.46. The Labute approximate surface area is 156 Å². The average Bonchev–Trinajstić information content (AvgIpc) is 3.06. The van der Waals surface area contributed by atoms with Gasteiger partial charge in [-0.05, 0) is 47.9 Å². The van der Waals surface area contributed by atoms with E-state index in [1.165, 1.54) is 11.3 Å². The maximum atomic E-state index is 11.2. The second kappa shape index (κ2) is 8.63. The molecule has 0 spiro atoms. The summed E-state index contributed by atoms with van der Waals surface area (Å²) in [4.78, 5) is 15.8. The number of fused-ring (bicyclic) bond motifs is 1. The summed E-state index contributed by atoms with van der Waals surface area (Å²) in [6.45, 7) is 2.82. The van der Waals surface area contributed by atoms with E-state index in [4.69, 9.17) is 4.74 Å². The Morgan fingerprint density at radius 2 is 1.96 bits per heavy atom. The van der Waals surface area contributed by atoms with Crippen molar-refractivity contribution in [3.05, 3.63) is 59.1 Å². The molecule has 0 unspecified atom stereocenters. The maximum Gasteiger partial charge on any atom is 0.120 e. The molecule has 134 valence electrons. The molecular formula is C21H20NO3S-. The molecule has 0 bridgehead atoms. The molecule has 2 aromatic carbocycles. The molecule has 0 aliphatic carbocycles. The summed E-state index contributed by atoms with van der Waals surface area (Å²) in [7, 11) is 0. The smallest absolute Gasteiger partial charge is 0.120 e. The van der Waals surface area contributed by atoms with Gasteiger partial charge in [0.25, 0.3) is 0 Å². The van der Waals surface area contributed by atoms with Crippen molar-refractivity contribution >= 4 is 39.2 Å². The van der Waals surface area contributed by atoms with Gasteiger partial charge >= 0.3 is 0 Å². The highest BCUT2D eigenvalue weighted by Crippen LogP contribution is 2.30. The van der Waals surface area contributed by atoms with Gasteiger partial charge in [-0.2, -0.15) is 0 Å². The molecule has 0 aliphatic rings. The minimum absolute atomic E-state index is 0.172. The first kappa shape index (κ1) is 18.1. The minimum atomic E-state index is -1.12. The number of hydrogen-bond donors (Lipinski definition) is 0. The van der Waals surface area contributed by atoms with Crippen LogP contribution < -0.4 is 9.84 Å². The van der Waals surface area contributed by atoms with Crippen LogP contribution in [-0.2, 0) is 4.79 Å². The van der Waals surface area contributed by atoms with Crippen LogP contribution >= 0.6 is 11.3 Å². The summed E-state index contributed by atoms with van der Waals surface area (Å²) < 4.78 is 6.69. The third-order valence-electron chi connectivity index (χ3n) is 3.89. The lowest BCUT2D eigenvalue weighted by Crippen LogP contribution is -2.22. The molecule has 4 nitrogen and oxygen atoms in total. The fourth-order valence-corrected chi connectivity index (χ4v) is 3.53. The van der Waals surface area contributed by atoms with E-state index in [9.17, 15) is 9.90 Å². The van der Waals surface area contributed by atoms with Crippen molar-refractivity contribution in [3.63, 3.8) is 0 Å². The van der Waals surface area contributed by atoms with Crippen molar-refractivity contribution in [2.75, 3.05) is 6.61 Å². The molecular weight excluding hydrogens is 346 g/mol.